The number of benzene rings is 1. The van der Waals surface area contributed by atoms with Crippen LogP contribution >= 0.6 is 0 Å². The van der Waals surface area contributed by atoms with Crippen LogP contribution in [0.25, 0.3) is 0 Å². The van der Waals surface area contributed by atoms with E-state index in [1.54, 1.807) is 0 Å². The van der Waals surface area contributed by atoms with E-state index in [4.69, 9.17) is 5.73 Å². The smallest absolute Gasteiger partial charge is 0.0273 e. The van der Waals surface area contributed by atoms with Crippen molar-refractivity contribution in [3.63, 3.8) is 0 Å². The van der Waals surface area contributed by atoms with Crippen LogP contribution in [0.4, 0.5) is 0 Å². The van der Waals surface area contributed by atoms with Crippen LogP contribution in [0.15, 0.2) is 24.3 Å². The molecule has 0 fully saturated rings. The lowest BCUT2D eigenvalue weighted by Gasteiger charge is -2.28. The van der Waals surface area contributed by atoms with Crippen molar-refractivity contribution in [1.82, 2.24) is 5.32 Å². The Hall–Kier alpha value is -0.860. The third-order valence-corrected chi connectivity index (χ3v) is 3.55. The molecule has 0 aliphatic carbocycles. The standard InChI is InChI=1S/C15H26N2/c1-4-15(3,12-16)17-11-5-6-14-9-7-13(2)8-10-14/h7-10,17H,4-6,11-12,16H2,1-3H3. The Labute approximate surface area is 106 Å². The normalized spacial score (nSPS) is 14.6. The van der Waals surface area contributed by atoms with Crippen LogP contribution in [0.1, 0.15) is 37.8 Å². The molecule has 0 bridgehead atoms. The van der Waals surface area contributed by atoms with E-state index in [1.807, 2.05) is 0 Å². The second-order valence-corrected chi connectivity index (χ2v) is 5.13. The quantitative estimate of drug-likeness (QED) is 0.712. The summed E-state index contributed by atoms with van der Waals surface area (Å²) in [4.78, 5) is 0. The zero-order valence-electron chi connectivity index (χ0n) is 11.4. The van der Waals surface area contributed by atoms with Crippen molar-refractivity contribution < 1.29 is 0 Å². The van der Waals surface area contributed by atoms with E-state index in [-0.39, 0.29) is 5.54 Å². The molecular weight excluding hydrogens is 208 g/mol. The van der Waals surface area contributed by atoms with Gasteiger partial charge in [-0.2, -0.15) is 0 Å². The monoisotopic (exact) mass is 234 g/mol. The lowest BCUT2D eigenvalue weighted by Crippen LogP contribution is -2.48. The van der Waals surface area contributed by atoms with Crippen molar-refractivity contribution in [2.45, 2.75) is 45.6 Å². The van der Waals surface area contributed by atoms with Gasteiger partial charge < -0.3 is 11.1 Å². The molecule has 0 radical (unpaired) electrons. The second kappa shape index (κ2) is 6.77. The van der Waals surface area contributed by atoms with Crippen molar-refractivity contribution in [3.05, 3.63) is 35.4 Å². The van der Waals surface area contributed by atoms with Gasteiger partial charge in [0.25, 0.3) is 0 Å². The fourth-order valence-electron chi connectivity index (χ4n) is 1.78. The van der Waals surface area contributed by atoms with Crippen molar-refractivity contribution in [2.24, 2.45) is 5.73 Å². The van der Waals surface area contributed by atoms with Gasteiger partial charge in [-0.1, -0.05) is 36.8 Å². The van der Waals surface area contributed by atoms with Gasteiger partial charge >= 0.3 is 0 Å². The van der Waals surface area contributed by atoms with Gasteiger partial charge in [0.15, 0.2) is 0 Å². The number of rotatable bonds is 7. The molecule has 0 aliphatic heterocycles. The molecule has 1 atom stereocenters. The van der Waals surface area contributed by atoms with Crippen LogP contribution in [0, 0.1) is 6.92 Å². The predicted molar refractivity (Wildman–Crippen MR) is 75.3 cm³/mol. The molecule has 0 spiro atoms. The molecule has 96 valence electrons. The first-order chi connectivity index (χ1) is 8.09. The molecular formula is C15H26N2. The fraction of sp³-hybridized carbons (Fsp3) is 0.600. The first-order valence-corrected chi connectivity index (χ1v) is 6.60. The van der Waals surface area contributed by atoms with Gasteiger partial charge in [-0.05, 0) is 45.2 Å². The van der Waals surface area contributed by atoms with E-state index in [0.29, 0.717) is 6.54 Å². The molecule has 1 aromatic carbocycles. The average molecular weight is 234 g/mol. The van der Waals surface area contributed by atoms with Crippen LogP contribution in [0.5, 0.6) is 0 Å². The first kappa shape index (κ1) is 14.2. The number of aryl methyl sites for hydroxylation is 2. The highest BCUT2D eigenvalue weighted by molar-refractivity contribution is 5.21. The summed E-state index contributed by atoms with van der Waals surface area (Å²) in [5, 5.41) is 3.55. The molecule has 2 heteroatoms. The van der Waals surface area contributed by atoms with Crippen molar-refractivity contribution >= 4 is 0 Å². The van der Waals surface area contributed by atoms with E-state index in [0.717, 1.165) is 19.4 Å². The van der Waals surface area contributed by atoms with Gasteiger partial charge in [0, 0.05) is 12.1 Å². The Balaban J connectivity index is 2.26. The maximum atomic E-state index is 5.77. The predicted octanol–water partition coefficient (Wildman–Crippen LogP) is 2.64. The average Bonchev–Trinajstić information content (AvgIpc) is 2.36. The molecule has 1 unspecified atom stereocenters. The molecule has 17 heavy (non-hydrogen) atoms. The Morgan fingerprint density at radius 1 is 1.24 bits per heavy atom. The molecule has 0 aliphatic rings. The number of hydrogen-bond acceptors (Lipinski definition) is 2. The van der Waals surface area contributed by atoms with Crippen LogP contribution in [-0.2, 0) is 6.42 Å². The van der Waals surface area contributed by atoms with E-state index in [1.165, 1.54) is 17.5 Å². The van der Waals surface area contributed by atoms with Crippen molar-refractivity contribution in [1.29, 1.82) is 0 Å². The van der Waals surface area contributed by atoms with Crippen LogP contribution < -0.4 is 11.1 Å². The van der Waals surface area contributed by atoms with Crippen molar-refractivity contribution in [2.75, 3.05) is 13.1 Å². The highest BCUT2D eigenvalue weighted by Gasteiger charge is 2.17. The lowest BCUT2D eigenvalue weighted by atomic mass is 9.99. The topological polar surface area (TPSA) is 38.0 Å². The Kier molecular flexibility index (Phi) is 5.66. The summed E-state index contributed by atoms with van der Waals surface area (Å²) >= 11 is 0. The summed E-state index contributed by atoms with van der Waals surface area (Å²) in [7, 11) is 0. The van der Waals surface area contributed by atoms with Gasteiger partial charge in [0.2, 0.25) is 0 Å². The maximum absolute atomic E-state index is 5.77. The summed E-state index contributed by atoms with van der Waals surface area (Å²) in [5.41, 5.74) is 8.62. The minimum absolute atomic E-state index is 0.104. The van der Waals surface area contributed by atoms with Crippen LogP contribution in [0.2, 0.25) is 0 Å². The SMILES string of the molecule is CCC(C)(CN)NCCCc1ccc(C)cc1. The van der Waals surface area contributed by atoms with Gasteiger partial charge in [0.05, 0.1) is 0 Å². The largest absolute Gasteiger partial charge is 0.329 e. The zero-order chi connectivity index (χ0) is 12.7. The van der Waals surface area contributed by atoms with E-state index in [9.17, 15) is 0 Å². The van der Waals surface area contributed by atoms with Gasteiger partial charge in [-0.25, -0.2) is 0 Å². The molecule has 0 saturated heterocycles. The number of hydrogen-bond donors (Lipinski definition) is 2. The van der Waals surface area contributed by atoms with Gasteiger partial charge in [-0.15, -0.1) is 0 Å². The van der Waals surface area contributed by atoms with Crippen LogP contribution in [0.3, 0.4) is 0 Å². The summed E-state index contributed by atoms with van der Waals surface area (Å²) in [6.45, 7) is 8.24. The third-order valence-electron chi connectivity index (χ3n) is 3.55. The van der Waals surface area contributed by atoms with Gasteiger partial charge in [-0.3, -0.25) is 0 Å². The van der Waals surface area contributed by atoms with E-state index < -0.39 is 0 Å². The molecule has 0 amide bonds. The maximum Gasteiger partial charge on any atom is 0.0273 e. The molecule has 0 aromatic heterocycles. The summed E-state index contributed by atoms with van der Waals surface area (Å²) < 4.78 is 0. The summed E-state index contributed by atoms with van der Waals surface area (Å²) in [6.07, 6.45) is 3.38. The fourth-order valence-corrected chi connectivity index (χ4v) is 1.78. The zero-order valence-corrected chi connectivity index (χ0v) is 11.4. The first-order valence-electron chi connectivity index (χ1n) is 6.60. The Bertz CT molecular complexity index is 312. The number of nitrogens with one attached hydrogen (secondary N) is 1. The highest BCUT2D eigenvalue weighted by atomic mass is 15.0. The minimum atomic E-state index is 0.104. The number of nitrogens with two attached hydrogens (primary N) is 1. The second-order valence-electron chi connectivity index (χ2n) is 5.13. The Morgan fingerprint density at radius 2 is 1.88 bits per heavy atom. The van der Waals surface area contributed by atoms with Crippen molar-refractivity contribution in [3.8, 4) is 0 Å². The molecule has 3 N–H and O–H groups in total. The third kappa shape index (κ3) is 4.88. The molecule has 1 rings (SSSR count). The van der Waals surface area contributed by atoms with E-state index in [2.05, 4.69) is 50.4 Å². The molecule has 2 nitrogen and oxygen atoms in total. The van der Waals surface area contributed by atoms with E-state index >= 15 is 0 Å². The molecule has 0 saturated carbocycles. The van der Waals surface area contributed by atoms with Gasteiger partial charge in [0.1, 0.15) is 0 Å². The lowest BCUT2D eigenvalue weighted by molar-refractivity contribution is 0.351. The molecule has 0 heterocycles. The highest BCUT2D eigenvalue weighted by Crippen LogP contribution is 2.08. The Morgan fingerprint density at radius 3 is 2.41 bits per heavy atom. The molecule has 1 aromatic rings. The summed E-state index contributed by atoms with van der Waals surface area (Å²) in [6, 6.07) is 8.80. The summed E-state index contributed by atoms with van der Waals surface area (Å²) in [5.74, 6) is 0. The van der Waals surface area contributed by atoms with Crippen LogP contribution in [-0.4, -0.2) is 18.6 Å². The minimum Gasteiger partial charge on any atom is -0.329 e.